The number of hydrogen-bond acceptors (Lipinski definition) is 3. The second-order valence-electron chi connectivity index (χ2n) is 5.06. The minimum absolute atomic E-state index is 0.0789. The standard InChI is InChI=1S/C12H23ClO3S/c1-11-5-7-12(8-6-11)16-9-3-2-4-10-17(13,14)15/h11-12H,2-10H2,1H3. The fraction of sp³-hybridized carbons (Fsp3) is 1.00. The Balaban J connectivity index is 1.94. The van der Waals surface area contributed by atoms with Crippen molar-refractivity contribution in [2.24, 2.45) is 5.92 Å². The Hall–Kier alpha value is 0.200. The van der Waals surface area contributed by atoms with Crippen molar-refractivity contribution in [3.63, 3.8) is 0 Å². The fourth-order valence-electron chi connectivity index (χ4n) is 2.20. The lowest BCUT2D eigenvalue weighted by Gasteiger charge is -2.26. The molecule has 1 rings (SSSR count). The summed E-state index contributed by atoms with van der Waals surface area (Å²) in [6.45, 7) is 3.05. The van der Waals surface area contributed by atoms with Crippen molar-refractivity contribution in [3.8, 4) is 0 Å². The summed E-state index contributed by atoms with van der Waals surface area (Å²) in [5.74, 6) is 0.930. The number of hydrogen-bond donors (Lipinski definition) is 0. The minimum Gasteiger partial charge on any atom is -0.378 e. The van der Waals surface area contributed by atoms with Crippen LogP contribution in [0.1, 0.15) is 51.9 Å². The first-order valence-electron chi connectivity index (χ1n) is 6.51. The molecule has 0 aromatic heterocycles. The maximum atomic E-state index is 10.7. The van der Waals surface area contributed by atoms with E-state index < -0.39 is 9.05 Å². The first-order valence-corrected chi connectivity index (χ1v) is 8.99. The van der Waals surface area contributed by atoms with E-state index in [2.05, 4.69) is 6.92 Å². The van der Waals surface area contributed by atoms with Gasteiger partial charge in [-0.25, -0.2) is 8.42 Å². The minimum atomic E-state index is -3.31. The molecule has 0 aromatic rings. The molecule has 0 N–H and O–H groups in total. The Morgan fingerprint density at radius 2 is 1.76 bits per heavy atom. The van der Waals surface area contributed by atoms with Gasteiger partial charge in [0, 0.05) is 17.3 Å². The Bertz CT molecular complexity index is 295. The van der Waals surface area contributed by atoms with Crippen LogP contribution in [0.4, 0.5) is 0 Å². The van der Waals surface area contributed by atoms with E-state index >= 15 is 0 Å². The molecular weight excluding hydrogens is 260 g/mol. The highest BCUT2D eigenvalue weighted by Gasteiger charge is 2.18. The molecule has 0 bridgehead atoms. The predicted molar refractivity (Wildman–Crippen MR) is 70.9 cm³/mol. The molecule has 0 unspecified atom stereocenters. The first-order chi connectivity index (χ1) is 7.97. The van der Waals surface area contributed by atoms with Crippen molar-refractivity contribution in [3.05, 3.63) is 0 Å². The van der Waals surface area contributed by atoms with E-state index in [1.54, 1.807) is 0 Å². The van der Waals surface area contributed by atoms with Crippen LogP contribution in [0.2, 0.25) is 0 Å². The van der Waals surface area contributed by atoms with Crippen molar-refractivity contribution < 1.29 is 13.2 Å². The van der Waals surface area contributed by atoms with Gasteiger partial charge in [0.2, 0.25) is 9.05 Å². The summed E-state index contributed by atoms with van der Waals surface area (Å²) in [6, 6.07) is 0. The summed E-state index contributed by atoms with van der Waals surface area (Å²) in [7, 11) is 1.82. The second-order valence-corrected chi connectivity index (χ2v) is 7.95. The lowest BCUT2D eigenvalue weighted by Crippen LogP contribution is -2.20. The van der Waals surface area contributed by atoms with Crippen molar-refractivity contribution in [1.29, 1.82) is 0 Å². The van der Waals surface area contributed by atoms with Crippen LogP contribution in [0.25, 0.3) is 0 Å². The molecule has 1 fully saturated rings. The van der Waals surface area contributed by atoms with Crippen LogP contribution < -0.4 is 0 Å². The van der Waals surface area contributed by atoms with Gasteiger partial charge in [-0.1, -0.05) is 13.3 Å². The zero-order chi connectivity index (χ0) is 12.7. The summed E-state index contributed by atoms with van der Waals surface area (Å²) in [4.78, 5) is 0. The van der Waals surface area contributed by atoms with Gasteiger partial charge < -0.3 is 4.74 Å². The van der Waals surface area contributed by atoms with E-state index in [-0.39, 0.29) is 5.75 Å². The predicted octanol–water partition coefficient (Wildman–Crippen LogP) is 3.32. The van der Waals surface area contributed by atoms with E-state index in [9.17, 15) is 8.42 Å². The number of unbranched alkanes of at least 4 members (excludes halogenated alkanes) is 2. The van der Waals surface area contributed by atoms with Gasteiger partial charge in [-0.05, 0) is 44.4 Å². The molecule has 1 saturated carbocycles. The summed E-state index contributed by atoms with van der Waals surface area (Å²) in [5, 5.41) is 0. The molecule has 0 aromatic carbocycles. The Labute approximate surface area is 109 Å². The highest BCUT2D eigenvalue weighted by atomic mass is 35.7. The molecule has 0 atom stereocenters. The zero-order valence-corrected chi connectivity index (χ0v) is 12.1. The molecule has 102 valence electrons. The zero-order valence-electron chi connectivity index (χ0n) is 10.5. The van der Waals surface area contributed by atoms with Crippen molar-refractivity contribution in [2.45, 2.75) is 58.0 Å². The normalized spacial score (nSPS) is 26.0. The average Bonchev–Trinajstić information content (AvgIpc) is 2.24. The molecule has 17 heavy (non-hydrogen) atoms. The maximum absolute atomic E-state index is 10.7. The molecule has 1 aliphatic rings. The van der Waals surface area contributed by atoms with E-state index in [1.165, 1.54) is 25.7 Å². The maximum Gasteiger partial charge on any atom is 0.232 e. The van der Waals surface area contributed by atoms with Gasteiger partial charge in [-0.3, -0.25) is 0 Å². The molecule has 0 saturated heterocycles. The van der Waals surface area contributed by atoms with Crippen molar-refractivity contribution in [1.82, 2.24) is 0 Å². The molecule has 0 aliphatic heterocycles. The Morgan fingerprint density at radius 3 is 2.35 bits per heavy atom. The third kappa shape index (κ3) is 8.01. The molecular formula is C12H23ClO3S. The van der Waals surface area contributed by atoms with Gasteiger partial charge in [0.1, 0.15) is 0 Å². The van der Waals surface area contributed by atoms with Gasteiger partial charge in [0.25, 0.3) is 0 Å². The molecule has 5 heteroatoms. The third-order valence-electron chi connectivity index (χ3n) is 3.35. The highest BCUT2D eigenvalue weighted by molar-refractivity contribution is 8.13. The molecule has 0 spiro atoms. The van der Waals surface area contributed by atoms with Crippen LogP contribution in [-0.4, -0.2) is 26.9 Å². The molecule has 1 aliphatic carbocycles. The summed E-state index contributed by atoms with van der Waals surface area (Å²) < 4.78 is 27.1. The van der Waals surface area contributed by atoms with Crippen LogP contribution >= 0.6 is 10.7 Å². The van der Waals surface area contributed by atoms with Gasteiger partial charge in [0.05, 0.1) is 11.9 Å². The van der Waals surface area contributed by atoms with Crippen LogP contribution in [0.15, 0.2) is 0 Å². The number of rotatable bonds is 7. The Kier molecular flexibility index (Phi) is 6.82. The van der Waals surface area contributed by atoms with Gasteiger partial charge >= 0.3 is 0 Å². The molecule has 0 radical (unpaired) electrons. The van der Waals surface area contributed by atoms with E-state index in [4.69, 9.17) is 15.4 Å². The van der Waals surface area contributed by atoms with Crippen LogP contribution in [0.3, 0.4) is 0 Å². The van der Waals surface area contributed by atoms with Crippen LogP contribution in [-0.2, 0) is 13.8 Å². The van der Waals surface area contributed by atoms with Crippen molar-refractivity contribution >= 4 is 19.7 Å². The van der Waals surface area contributed by atoms with Gasteiger partial charge in [0.15, 0.2) is 0 Å². The lowest BCUT2D eigenvalue weighted by molar-refractivity contribution is 0.0180. The molecule has 0 heterocycles. The highest BCUT2D eigenvalue weighted by Crippen LogP contribution is 2.25. The quantitative estimate of drug-likeness (QED) is 0.531. The summed E-state index contributed by atoms with van der Waals surface area (Å²) in [5.41, 5.74) is 0. The molecule has 3 nitrogen and oxygen atoms in total. The smallest absolute Gasteiger partial charge is 0.232 e. The van der Waals surface area contributed by atoms with E-state index in [1.807, 2.05) is 0 Å². The second kappa shape index (κ2) is 7.59. The average molecular weight is 283 g/mol. The fourth-order valence-corrected chi connectivity index (χ4v) is 3.08. The summed E-state index contributed by atoms with van der Waals surface area (Å²) in [6.07, 6.45) is 7.77. The topological polar surface area (TPSA) is 43.4 Å². The van der Waals surface area contributed by atoms with E-state index in [0.29, 0.717) is 12.5 Å². The number of ether oxygens (including phenoxy) is 1. The van der Waals surface area contributed by atoms with Gasteiger partial charge in [-0.15, -0.1) is 0 Å². The largest absolute Gasteiger partial charge is 0.378 e. The molecule has 0 amide bonds. The summed E-state index contributed by atoms with van der Waals surface area (Å²) >= 11 is 0. The third-order valence-corrected chi connectivity index (χ3v) is 4.59. The first kappa shape index (κ1) is 15.3. The van der Waals surface area contributed by atoms with Crippen molar-refractivity contribution in [2.75, 3.05) is 12.4 Å². The van der Waals surface area contributed by atoms with Gasteiger partial charge in [-0.2, -0.15) is 0 Å². The van der Waals surface area contributed by atoms with E-state index in [0.717, 1.165) is 25.4 Å². The lowest BCUT2D eigenvalue weighted by atomic mass is 9.89. The Morgan fingerprint density at radius 1 is 1.12 bits per heavy atom. The number of halogens is 1. The SMILES string of the molecule is CC1CCC(OCCCCCS(=O)(=O)Cl)CC1. The van der Waals surface area contributed by atoms with Crippen LogP contribution in [0, 0.1) is 5.92 Å². The monoisotopic (exact) mass is 282 g/mol. The van der Waals surface area contributed by atoms with Crippen LogP contribution in [0.5, 0.6) is 0 Å².